The van der Waals surface area contributed by atoms with Crippen molar-refractivity contribution in [2.24, 2.45) is 7.05 Å². The summed E-state index contributed by atoms with van der Waals surface area (Å²) in [5.74, 6) is 0. The summed E-state index contributed by atoms with van der Waals surface area (Å²) in [6.45, 7) is 6.13. The van der Waals surface area contributed by atoms with E-state index in [1.165, 1.54) is 16.5 Å². The van der Waals surface area contributed by atoms with Crippen LogP contribution in [0.4, 0.5) is 0 Å². The lowest BCUT2D eigenvalue weighted by molar-refractivity contribution is 0.277. The molecule has 0 spiro atoms. The molecule has 0 aliphatic rings. The van der Waals surface area contributed by atoms with Crippen LogP contribution in [-0.4, -0.2) is 18.8 Å². The molecule has 2 rings (SSSR count). The second-order valence-electron chi connectivity index (χ2n) is 3.47. The minimum atomic E-state index is 1.16. The van der Waals surface area contributed by atoms with Gasteiger partial charge in [-0.25, -0.2) is 0 Å². The third kappa shape index (κ3) is 4.17. The minimum absolute atomic E-state index is 1.16. The number of methoxy groups -OCH3 is 1. The molecule has 3 heteroatoms. The highest BCUT2D eigenvalue weighted by Gasteiger charge is 2.04. The summed E-state index contributed by atoms with van der Waals surface area (Å²) in [6.07, 6.45) is 2.15. The average Bonchev–Trinajstić information content (AvgIpc) is 2.60. The zero-order valence-corrected chi connectivity index (χ0v) is 13.1. The van der Waals surface area contributed by atoms with Crippen LogP contribution < -0.4 is 0 Å². The van der Waals surface area contributed by atoms with Crippen LogP contribution in [0.1, 0.15) is 19.4 Å². The molecular formula is C14H22BrNO. The number of para-hydroxylation sites is 1. The molecule has 0 atom stereocenters. The Bertz CT molecular complexity index is 449. The molecule has 0 unspecified atom stereocenters. The van der Waals surface area contributed by atoms with Crippen molar-refractivity contribution in [1.82, 2.24) is 4.57 Å². The molecule has 0 aliphatic carbocycles. The lowest BCUT2D eigenvalue weighted by Crippen LogP contribution is -1.83. The van der Waals surface area contributed by atoms with Gasteiger partial charge in [0, 0.05) is 37.3 Å². The molecular weight excluding hydrogens is 278 g/mol. The van der Waals surface area contributed by atoms with Crippen molar-refractivity contribution in [3.63, 3.8) is 0 Å². The smallest absolute Gasteiger partial charge is 0.0624 e. The maximum Gasteiger partial charge on any atom is 0.0624 e. The van der Waals surface area contributed by atoms with Crippen LogP contribution in [0.2, 0.25) is 0 Å². The van der Waals surface area contributed by atoms with Gasteiger partial charge in [0.05, 0.1) is 5.52 Å². The van der Waals surface area contributed by atoms with E-state index in [9.17, 15) is 0 Å². The molecule has 0 saturated heterocycles. The molecule has 0 N–H and O–H groups in total. The summed E-state index contributed by atoms with van der Waals surface area (Å²) in [6, 6.07) is 6.29. The Labute approximate surface area is 113 Å². The molecule has 0 aliphatic heterocycles. The Hall–Kier alpha value is -0.800. The number of hydrogen-bond donors (Lipinski definition) is 0. The Balaban J connectivity index is 0.000000450. The summed E-state index contributed by atoms with van der Waals surface area (Å²) < 4.78 is 7.56. The molecule has 0 bridgehead atoms. The summed E-state index contributed by atoms with van der Waals surface area (Å²) in [7, 11) is 5.32. The first-order valence-corrected chi connectivity index (χ1v) is 6.51. The first-order valence-electron chi connectivity index (χ1n) is 5.72. The maximum atomic E-state index is 4.25. The van der Waals surface area contributed by atoms with E-state index in [1.807, 2.05) is 13.8 Å². The fraction of sp³-hybridized carbons (Fsp3) is 0.429. The number of aromatic nitrogens is 1. The van der Waals surface area contributed by atoms with E-state index in [-0.39, 0.29) is 0 Å². The Morgan fingerprint density at radius 1 is 1.18 bits per heavy atom. The number of hydrogen-bond acceptors (Lipinski definition) is 1. The van der Waals surface area contributed by atoms with Crippen LogP contribution in [0.15, 0.2) is 28.9 Å². The number of aryl methyl sites for hydroxylation is 2. The zero-order valence-electron chi connectivity index (χ0n) is 11.5. The predicted molar refractivity (Wildman–Crippen MR) is 79.6 cm³/mol. The predicted octanol–water partition coefficient (Wildman–Crippen LogP) is 4.54. The van der Waals surface area contributed by atoms with Gasteiger partial charge in [-0.05, 0) is 34.5 Å². The number of fused-ring (bicyclic) bond motifs is 1. The van der Waals surface area contributed by atoms with Gasteiger partial charge in [0.25, 0.3) is 0 Å². The molecule has 1 aromatic heterocycles. The van der Waals surface area contributed by atoms with Gasteiger partial charge in [-0.2, -0.15) is 0 Å². The van der Waals surface area contributed by atoms with Crippen molar-refractivity contribution in [2.75, 3.05) is 14.2 Å². The van der Waals surface area contributed by atoms with Gasteiger partial charge in [-0.3, -0.25) is 0 Å². The monoisotopic (exact) mass is 299 g/mol. The molecule has 0 radical (unpaired) electrons. The van der Waals surface area contributed by atoms with Crippen molar-refractivity contribution in [2.45, 2.75) is 20.8 Å². The standard InChI is InChI=1S/C10H10BrN.C2H6O.C2H6/c1-7-6-12(2)10-8(7)4-3-5-9(10)11;1-3-2;1-2/h3-6H,1-2H3;1-2H3;1-2H3. The van der Waals surface area contributed by atoms with Gasteiger partial charge in [0.1, 0.15) is 0 Å². The topological polar surface area (TPSA) is 14.2 Å². The molecule has 2 nitrogen and oxygen atoms in total. The quantitative estimate of drug-likeness (QED) is 0.697. The van der Waals surface area contributed by atoms with Crippen molar-refractivity contribution >= 4 is 26.8 Å². The average molecular weight is 300 g/mol. The summed E-state index contributed by atoms with van der Waals surface area (Å²) >= 11 is 3.54. The zero-order chi connectivity index (χ0) is 13.4. The highest BCUT2D eigenvalue weighted by molar-refractivity contribution is 9.10. The van der Waals surface area contributed by atoms with Gasteiger partial charge in [0.2, 0.25) is 0 Å². The first-order chi connectivity index (χ1) is 8.11. The van der Waals surface area contributed by atoms with E-state index in [4.69, 9.17) is 0 Å². The van der Waals surface area contributed by atoms with E-state index in [0.717, 1.165) is 4.47 Å². The summed E-state index contributed by atoms with van der Waals surface area (Å²) in [5.41, 5.74) is 2.60. The highest BCUT2D eigenvalue weighted by atomic mass is 79.9. The molecule has 0 fully saturated rings. The Kier molecular flexibility index (Phi) is 7.92. The number of rotatable bonds is 0. The van der Waals surface area contributed by atoms with Crippen LogP contribution in [0.3, 0.4) is 0 Å². The molecule has 0 saturated carbocycles. The van der Waals surface area contributed by atoms with Gasteiger partial charge >= 0.3 is 0 Å². The maximum absolute atomic E-state index is 4.25. The van der Waals surface area contributed by atoms with E-state index < -0.39 is 0 Å². The van der Waals surface area contributed by atoms with E-state index in [1.54, 1.807) is 14.2 Å². The second-order valence-corrected chi connectivity index (χ2v) is 4.32. The number of benzene rings is 1. The van der Waals surface area contributed by atoms with Crippen LogP contribution in [0.5, 0.6) is 0 Å². The number of halogens is 1. The van der Waals surface area contributed by atoms with E-state index in [2.05, 4.69) is 63.6 Å². The Morgan fingerprint density at radius 3 is 2.18 bits per heavy atom. The van der Waals surface area contributed by atoms with Crippen molar-refractivity contribution in [3.8, 4) is 0 Å². The van der Waals surface area contributed by atoms with Gasteiger partial charge in [-0.15, -0.1) is 0 Å². The van der Waals surface area contributed by atoms with Gasteiger partial charge in [0.15, 0.2) is 0 Å². The fourth-order valence-electron chi connectivity index (χ4n) is 1.62. The Morgan fingerprint density at radius 2 is 1.71 bits per heavy atom. The molecule has 96 valence electrons. The summed E-state index contributed by atoms with van der Waals surface area (Å²) in [5, 5.41) is 1.33. The van der Waals surface area contributed by atoms with Crippen LogP contribution in [0, 0.1) is 6.92 Å². The van der Waals surface area contributed by atoms with Gasteiger partial charge < -0.3 is 9.30 Å². The van der Waals surface area contributed by atoms with Crippen molar-refractivity contribution in [1.29, 1.82) is 0 Å². The normalized spacial score (nSPS) is 9.12. The second kappa shape index (κ2) is 8.31. The largest absolute Gasteiger partial charge is 0.388 e. The SMILES string of the molecule is CC.COC.Cc1cn(C)c2c(Br)cccc12. The number of ether oxygens (including phenoxy) is 1. The van der Waals surface area contributed by atoms with Crippen LogP contribution >= 0.6 is 15.9 Å². The van der Waals surface area contributed by atoms with Gasteiger partial charge in [-0.1, -0.05) is 26.0 Å². The third-order valence-electron chi connectivity index (χ3n) is 2.15. The van der Waals surface area contributed by atoms with Crippen molar-refractivity contribution < 1.29 is 4.74 Å². The molecule has 0 amide bonds. The minimum Gasteiger partial charge on any atom is -0.388 e. The highest BCUT2D eigenvalue weighted by Crippen LogP contribution is 2.26. The number of nitrogens with zero attached hydrogens (tertiary/aromatic N) is 1. The lowest BCUT2D eigenvalue weighted by atomic mass is 10.2. The molecule has 1 aromatic carbocycles. The summed E-state index contributed by atoms with van der Waals surface area (Å²) in [4.78, 5) is 0. The molecule has 1 heterocycles. The first kappa shape index (κ1) is 16.2. The van der Waals surface area contributed by atoms with Crippen molar-refractivity contribution in [3.05, 3.63) is 34.4 Å². The van der Waals surface area contributed by atoms with Crippen LogP contribution in [0.25, 0.3) is 10.9 Å². The third-order valence-corrected chi connectivity index (χ3v) is 2.79. The van der Waals surface area contributed by atoms with E-state index >= 15 is 0 Å². The fourth-order valence-corrected chi connectivity index (χ4v) is 2.26. The molecule has 2 aromatic rings. The van der Waals surface area contributed by atoms with E-state index in [0.29, 0.717) is 0 Å². The molecule has 17 heavy (non-hydrogen) atoms. The lowest BCUT2D eigenvalue weighted by Gasteiger charge is -1.97. The van der Waals surface area contributed by atoms with Crippen LogP contribution in [-0.2, 0) is 11.8 Å².